The van der Waals surface area contributed by atoms with E-state index in [0.717, 1.165) is 13.1 Å². The van der Waals surface area contributed by atoms with Crippen LogP contribution in [0, 0.1) is 0 Å². The highest BCUT2D eigenvalue weighted by atomic mass is 79.9. The predicted octanol–water partition coefficient (Wildman–Crippen LogP) is 4.52. The van der Waals surface area contributed by atoms with E-state index in [4.69, 9.17) is 0 Å². The maximum atomic E-state index is 3.73. The molecule has 120 valence electrons. The van der Waals surface area contributed by atoms with Crippen molar-refractivity contribution in [3.05, 3.63) is 33.8 Å². The first-order chi connectivity index (χ1) is 9.93. The molecule has 0 aromatic heterocycles. The first-order valence-corrected chi connectivity index (χ1v) is 9.82. The summed E-state index contributed by atoms with van der Waals surface area (Å²) in [7, 11) is 2.21. The summed E-state index contributed by atoms with van der Waals surface area (Å²) in [6.45, 7) is 8.58. The molecule has 0 spiro atoms. The lowest BCUT2D eigenvalue weighted by atomic mass is 10.1. The van der Waals surface area contributed by atoms with E-state index >= 15 is 0 Å². The molecule has 0 fully saturated rings. The Kier molecular flexibility index (Phi) is 8.95. The van der Waals surface area contributed by atoms with E-state index in [2.05, 4.69) is 78.4 Å². The van der Waals surface area contributed by atoms with Crippen molar-refractivity contribution in [2.45, 2.75) is 52.4 Å². The molecule has 0 amide bonds. The number of rotatable bonds is 9. The molecule has 0 radical (unpaired) electrons. The minimum Gasteiger partial charge on any atom is -0.310 e. The molecule has 1 unspecified atom stereocenters. The van der Waals surface area contributed by atoms with Crippen LogP contribution >= 0.6 is 27.7 Å². The van der Waals surface area contributed by atoms with Gasteiger partial charge < -0.3 is 5.32 Å². The van der Waals surface area contributed by atoms with Gasteiger partial charge in [-0.1, -0.05) is 41.9 Å². The molecule has 4 heteroatoms. The highest BCUT2D eigenvalue weighted by Crippen LogP contribution is 2.21. The maximum Gasteiger partial charge on any atom is 0.0244 e. The van der Waals surface area contributed by atoms with Gasteiger partial charge in [0, 0.05) is 29.6 Å². The fourth-order valence-corrected chi connectivity index (χ4v) is 3.21. The number of nitrogens with one attached hydrogen (secondary N) is 1. The van der Waals surface area contributed by atoms with Crippen LogP contribution < -0.4 is 5.32 Å². The van der Waals surface area contributed by atoms with Crippen LogP contribution in [0.5, 0.6) is 0 Å². The highest BCUT2D eigenvalue weighted by molar-refractivity contribution is 9.10. The summed E-state index contributed by atoms with van der Waals surface area (Å²) in [4.78, 5) is 2.43. The fourth-order valence-electron chi connectivity index (χ4n) is 2.08. The van der Waals surface area contributed by atoms with Gasteiger partial charge in [-0.05, 0) is 49.6 Å². The van der Waals surface area contributed by atoms with E-state index in [1.807, 2.05) is 11.8 Å². The number of thioether (sulfide) groups is 1. The predicted molar refractivity (Wildman–Crippen MR) is 100 cm³/mol. The zero-order chi connectivity index (χ0) is 15.8. The van der Waals surface area contributed by atoms with E-state index < -0.39 is 0 Å². The first kappa shape index (κ1) is 19.0. The molecule has 1 aromatic carbocycles. The summed E-state index contributed by atoms with van der Waals surface area (Å²) < 4.78 is 1.22. The third-order valence-electron chi connectivity index (χ3n) is 3.74. The molecule has 21 heavy (non-hydrogen) atoms. The number of halogens is 1. The number of hydrogen-bond donors (Lipinski definition) is 1. The second kappa shape index (κ2) is 9.88. The van der Waals surface area contributed by atoms with Gasteiger partial charge in [0.05, 0.1) is 0 Å². The van der Waals surface area contributed by atoms with Crippen LogP contribution in [-0.2, 0) is 13.1 Å². The molecule has 1 aromatic rings. The van der Waals surface area contributed by atoms with Crippen molar-refractivity contribution in [3.8, 4) is 0 Å². The topological polar surface area (TPSA) is 15.3 Å². The number of hydrogen-bond acceptors (Lipinski definition) is 3. The highest BCUT2D eigenvalue weighted by Gasteiger charge is 2.11. The van der Waals surface area contributed by atoms with Crippen molar-refractivity contribution in [2.75, 3.05) is 19.1 Å². The first-order valence-electron chi connectivity index (χ1n) is 7.64. The fraction of sp³-hybridized carbons (Fsp3) is 0.647. The normalized spacial score (nSPS) is 13.1. The van der Waals surface area contributed by atoms with Gasteiger partial charge in [-0.3, -0.25) is 4.90 Å². The molecule has 0 aliphatic heterocycles. The Bertz CT molecular complexity index is 423. The molecule has 2 nitrogen and oxygen atoms in total. The Morgan fingerprint density at radius 2 is 2.00 bits per heavy atom. The minimum atomic E-state index is 0.520. The van der Waals surface area contributed by atoms with Crippen LogP contribution in [0.2, 0.25) is 0 Å². The molecule has 0 saturated carbocycles. The van der Waals surface area contributed by atoms with E-state index in [-0.39, 0.29) is 0 Å². The number of benzene rings is 1. The van der Waals surface area contributed by atoms with Crippen LogP contribution in [0.3, 0.4) is 0 Å². The molecule has 1 rings (SSSR count). The third kappa shape index (κ3) is 7.18. The zero-order valence-electron chi connectivity index (χ0n) is 13.9. The van der Waals surface area contributed by atoms with E-state index in [1.165, 1.54) is 27.8 Å². The van der Waals surface area contributed by atoms with Crippen molar-refractivity contribution < 1.29 is 0 Å². The average molecular weight is 373 g/mol. The standard InChI is InChI=1S/C17H29BrN2S/c1-13(2)19-11-15-6-7-16(17(18)10-15)12-20(4)14(3)8-9-21-5/h6-7,10,13-14,19H,8-9,11-12H2,1-5H3. The smallest absolute Gasteiger partial charge is 0.0244 e. The van der Waals surface area contributed by atoms with Crippen LogP contribution in [0.4, 0.5) is 0 Å². The van der Waals surface area contributed by atoms with Gasteiger partial charge in [0.1, 0.15) is 0 Å². The van der Waals surface area contributed by atoms with Crippen LogP contribution in [-0.4, -0.2) is 36.0 Å². The Morgan fingerprint density at radius 1 is 1.29 bits per heavy atom. The van der Waals surface area contributed by atoms with Gasteiger partial charge in [0.25, 0.3) is 0 Å². The van der Waals surface area contributed by atoms with E-state index in [0.29, 0.717) is 12.1 Å². The minimum absolute atomic E-state index is 0.520. The molecule has 0 heterocycles. The summed E-state index contributed by atoms with van der Waals surface area (Å²) in [5.74, 6) is 1.23. The summed E-state index contributed by atoms with van der Waals surface area (Å²) in [5.41, 5.74) is 2.69. The van der Waals surface area contributed by atoms with Gasteiger partial charge in [0.15, 0.2) is 0 Å². The lowest BCUT2D eigenvalue weighted by Gasteiger charge is -2.25. The SMILES string of the molecule is CSCCC(C)N(C)Cc1ccc(CNC(C)C)cc1Br. The van der Waals surface area contributed by atoms with Crippen LogP contribution in [0.25, 0.3) is 0 Å². The lowest BCUT2D eigenvalue weighted by Crippen LogP contribution is -2.29. The van der Waals surface area contributed by atoms with Crippen molar-refractivity contribution in [1.29, 1.82) is 0 Å². The zero-order valence-corrected chi connectivity index (χ0v) is 16.4. The molecular formula is C17H29BrN2S. The van der Waals surface area contributed by atoms with Gasteiger partial charge in [0.2, 0.25) is 0 Å². The summed E-state index contributed by atoms with van der Waals surface area (Å²) >= 11 is 5.65. The molecule has 0 aliphatic rings. The van der Waals surface area contributed by atoms with E-state index in [9.17, 15) is 0 Å². The lowest BCUT2D eigenvalue weighted by molar-refractivity contribution is 0.244. The molecule has 0 saturated heterocycles. The molecule has 0 aliphatic carbocycles. The molecule has 1 atom stereocenters. The quantitative estimate of drug-likeness (QED) is 0.685. The van der Waals surface area contributed by atoms with Crippen molar-refractivity contribution in [3.63, 3.8) is 0 Å². The Balaban J connectivity index is 2.59. The maximum absolute atomic E-state index is 3.73. The Hall–Kier alpha value is -0.0300. The Morgan fingerprint density at radius 3 is 2.57 bits per heavy atom. The molecule has 0 bridgehead atoms. The summed E-state index contributed by atoms with van der Waals surface area (Å²) in [5, 5.41) is 3.46. The van der Waals surface area contributed by atoms with Crippen molar-refractivity contribution >= 4 is 27.7 Å². The average Bonchev–Trinajstić information content (AvgIpc) is 2.44. The number of nitrogens with zero attached hydrogens (tertiary/aromatic N) is 1. The largest absolute Gasteiger partial charge is 0.310 e. The van der Waals surface area contributed by atoms with Gasteiger partial charge in [-0.2, -0.15) is 11.8 Å². The monoisotopic (exact) mass is 372 g/mol. The summed E-state index contributed by atoms with van der Waals surface area (Å²) in [6, 6.07) is 7.86. The van der Waals surface area contributed by atoms with Gasteiger partial charge in [-0.15, -0.1) is 0 Å². The molecule has 1 N–H and O–H groups in total. The van der Waals surface area contributed by atoms with Crippen LogP contribution in [0.1, 0.15) is 38.3 Å². The second-order valence-electron chi connectivity index (χ2n) is 6.01. The third-order valence-corrected chi connectivity index (χ3v) is 5.13. The second-order valence-corrected chi connectivity index (χ2v) is 7.85. The summed E-state index contributed by atoms with van der Waals surface area (Å²) in [6.07, 6.45) is 3.42. The van der Waals surface area contributed by atoms with Gasteiger partial charge in [-0.25, -0.2) is 0 Å². The Labute approximate surface area is 143 Å². The van der Waals surface area contributed by atoms with Crippen molar-refractivity contribution in [1.82, 2.24) is 10.2 Å². The van der Waals surface area contributed by atoms with Crippen molar-refractivity contribution in [2.24, 2.45) is 0 Å². The van der Waals surface area contributed by atoms with Gasteiger partial charge >= 0.3 is 0 Å². The van der Waals surface area contributed by atoms with Crippen LogP contribution in [0.15, 0.2) is 22.7 Å². The molecular weight excluding hydrogens is 344 g/mol. The van der Waals surface area contributed by atoms with E-state index in [1.54, 1.807) is 0 Å².